The number of benzene rings is 1. The lowest BCUT2D eigenvalue weighted by Gasteiger charge is -2.40. The highest BCUT2D eigenvalue weighted by Crippen LogP contribution is 2.37. The van der Waals surface area contributed by atoms with E-state index in [-0.39, 0.29) is 11.8 Å². The van der Waals surface area contributed by atoms with Gasteiger partial charge in [0.2, 0.25) is 5.91 Å². The standard InChI is InChI=1S/C27H37ClN6O/c1-3-31-10-12-32(13-11-31)18-23(21-5-7-22(28)8-6-21)27(35)34-16-14-33(15-17-34)26-25-20(2)4-9-24(25)29-19-30-26/h5-8,19-20,23H,3-4,9-18H2,1-2H3/t20-,23?/m1/s1. The van der Waals surface area contributed by atoms with Gasteiger partial charge < -0.3 is 14.7 Å². The number of fused-ring (bicyclic) bond motifs is 1. The highest BCUT2D eigenvalue weighted by Gasteiger charge is 2.33. The number of nitrogens with zero attached hydrogens (tertiary/aromatic N) is 6. The molecule has 2 aliphatic heterocycles. The van der Waals surface area contributed by atoms with Gasteiger partial charge in [-0.05, 0) is 43.0 Å². The number of anilines is 1. The smallest absolute Gasteiger partial charge is 0.231 e. The molecule has 1 aromatic heterocycles. The van der Waals surface area contributed by atoms with Crippen molar-refractivity contribution in [2.75, 3.05) is 70.3 Å². The summed E-state index contributed by atoms with van der Waals surface area (Å²) >= 11 is 6.17. The predicted molar refractivity (Wildman–Crippen MR) is 140 cm³/mol. The molecule has 0 bridgehead atoms. The molecule has 2 aromatic rings. The first-order valence-electron chi connectivity index (χ1n) is 13.1. The van der Waals surface area contributed by atoms with Crippen molar-refractivity contribution in [3.05, 3.63) is 52.4 Å². The van der Waals surface area contributed by atoms with Crippen LogP contribution in [0.15, 0.2) is 30.6 Å². The molecular weight excluding hydrogens is 460 g/mol. The molecule has 8 heteroatoms. The van der Waals surface area contributed by atoms with Gasteiger partial charge in [0, 0.05) is 75.2 Å². The second-order valence-electron chi connectivity index (χ2n) is 10.1. The Kier molecular flexibility index (Phi) is 7.56. The number of aromatic nitrogens is 2. The van der Waals surface area contributed by atoms with Crippen LogP contribution in [0.25, 0.3) is 0 Å². The first kappa shape index (κ1) is 24.5. The minimum absolute atomic E-state index is 0.171. The molecule has 2 fully saturated rings. The maximum absolute atomic E-state index is 13.9. The molecule has 0 spiro atoms. The number of carbonyl (C=O) groups is 1. The van der Waals surface area contributed by atoms with Crippen LogP contribution in [0.3, 0.4) is 0 Å². The lowest BCUT2D eigenvalue weighted by atomic mass is 9.96. The summed E-state index contributed by atoms with van der Waals surface area (Å²) in [7, 11) is 0. The number of halogens is 1. The van der Waals surface area contributed by atoms with Crippen LogP contribution in [0.2, 0.25) is 5.02 Å². The second kappa shape index (κ2) is 10.8. The fraction of sp³-hybridized carbons (Fsp3) is 0.593. The van der Waals surface area contributed by atoms with E-state index < -0.39 is 0 Å². The average Bonchev–Trinajstić information content (AvgIpc) is 3.29. The molecule has 1 aromatic carbocycles. The molecule has 2 atom stereocenters. The highest BCUT2D eigenvalue weighted by molar-refractivity contribution is 6.30. The Balaban J connectivity index is 1.28. The number of carbonyl (C=O) groups excluding carboxylic acids is 1. The molecule has 7 nitrogen and oxygen atoms in total. The van der Waals surface area contributed by atoms with Gasteiger partial charge in [-0.15, -0.1) is 0 Å². The van der Waals surface area contributed by atoms with Crippen LogP contribution in [0.1, 0.15) is 48.9 Å². The molecule has 3 heterocycles. The van der Waals surface area contributed by atoms with Crippen LogP contribution < -0.4 is 4.90 Å². The number of aryl methyl sites for hydroxylation is 1. The van der Waals surface area contributed by atoms with E-state index in [4.69, 9.17) is 11.6 Å². The summed E-state index contributed by atoms with van der Waals surface area (Å²) in [5.74, 6) is 1.64. The van der Waals surface area contributed by atoms with Crippen molar-refractivity contribution >= 4 is 23.3 Å². The van der Waals surface area contributed by atoms with Crippen molar-refractivity contribution in [3.8, 4) is 0 Å². The molecule has 0 N–H and O–H groups in total. The van der Waals surface area contributed by atoms with E-state index in [2.05, 4.69) is 43.4 Å². The van der Waals surface area contributed by atoms with Crippen molar-refractivity contribution in [1.29, 1.82) is 0 Å². The summed E-state index contributed by atoms with van der Waals surface area (Å²) in [5, 5.41) is 0.705. The molecule has 1 unspecified atom stereocenters. The van der Waals surface area contributed by atoms with Gasteiger partial charge in [-0.2, -0.15) is 0 Å². The fourth-order valence-electron chi connectivity index (χ4n) is 5.80. The molecule has 35 heavy (non-hydrogen) atoms. The van der Waals surface area contributed by atoms with Crippen LogP contribution in [0, 0.1) is 0 Å². The Morgan fingerprint density at radius 3 is 2.37 bits per heavy atom. The van der Waals surface area contributed by atoms with Gasteiger partial charge in [-0.1, -0.05) is 37.6 Å². The minimum Gasteiger partial charge on any atom is -0.353 e. The third-order valence-corrected chi connectivity index (χ3v) is 8.32. The molecular formula is C27H37ClN6O. The molecule has 1 aliphatic carbocycles. The summed E-state index contributed by atoms with van der Waals surface area (Å²) in [5.41, 5.74) is 3.58. The third kappa shape index (κ3) is 5.32. The molecule has 2 saturated heterocycles. The first-order chi connectivity index (χ1) is 17.0. The van der Waals surface area contributed by atoms with Gasteiger partial charge in [0.1, 0.15) is 12.1 Å². The summed E-state index contributed by atoms with van der Waals surface area (Å²) in [6.45, 7) is 13.6. The van der Waals surface area contributed by atoms with Crippen LogP contribution >= 0.6 is 11.6 Å². The lowest BCUT2D eigenvalue weighted by molar-refractivity contribution is -0.133. The molecule has 0 radical (unpaired) electrons. The van der Waals surface area contributed by atoms with Gasteiger partial charge in [-0.3, -0.25) is 9.69 Å². The van der Waals surface area contributed by atoms with Crippen molar-refractivity contribution in [3.63, 3.8) is 0 Å². The van der Waals surface area contributed by atoms with Gasteiger partial charge in [0.25, 0.3) is 0 Å². The fourth-order valence-corrected chi connectivity index (χ4v) is 5.93. The van der Waals surface area contributed by atoms with E-state index >= 15 is 0 Å². The number of hydrogen-bond donors (Lipinski definition) is 0. The molecule has 1 amide bonds. The van der Waals surface area contributed by atoms with E-state index in [1.165, 1.54) is 11.3 Å². The van der Waals surface area contributed by atoms with Crippen molar-refractivity contribution in [2.45, 2.75) is 38.5 Å². The maximum Gasteiger partial charge on any atom is 0.231 e. The average molecular weight is 497 g/mol. The van der Waals surface area contributed by atoms with Crippen LogP contribution in [0.4, 0.5) is 5.82 Å². The highest BCUT2D eigenvalue weighted by atomic mass is 35.5. The molecule has 0 saturated carbocycles. The van der Waals surface area contributed by atoms with Gasteiger partial charge in [0.05, 0.1) is 5.92 Å². The van der Waals surface area contributed by atoms with E-state index in [9.17, 15) is 4.79 Å². The summed E-state index contributed by atoms with van der Waals surface area (Å²) < 4.78 is 0. The van der Waals surface area contributed by atoms with Crippen LogP contribution in [-0.4, -0.2) is 96.0 Å². The number of hydrogen-bond acceptors (Lipinski definition) is 6. The van der Waals surface area contributed by atoms with Gasteiger partial charge in [0.15, 0.2) is 0 Å². The predicted octanol–water partition coefficient (Wildman–Crippen LogP) is 3.25. The molecule has 5 rings (SSSR count). The largest absolute Gasteiger partial charge is 0.353 e. The zero-order chi connectivity index (χ0) is 24.4. The monoisotopic (exact) mass is 496 g/mol. The van der Waals surface area contributed by atoms with Crippen LogP contribution in [0.5, 0.6) is 0 Å². The second-order valence-corrected chi connectivity index (χ2v) is 10.6. The first-order valence-corrected chi connectivity index (χ1v) is 13.5. The van der Waals surface area contributed by atoms with E-state index in [1.54, 1.807) is 6.33 Å². The molecule has 188 valence electrons. The zero-order valence-electron chi connectivity index (χ0n) is 21.0. The minimum atomic E-state index is -0.171. The SMILES string of the molecule is CCN1CCN(CC(C(=O)N2CCN(c3ncnc4c3[C@H](C)CC4)CC2)c2ccc(Cl)cc2)CC1. The van der Waals surface area contributed by atoms with E-state index in [0.717, 1.165) is 89.7 Å². The Morgan fingerprint density at radius 1 is 1.00 bits per heavy atom. The Bertz CT molecular complexity index is 1010. The quantitative estimate of drug-likeness (QED) is 0.612. The lowest BCUT2D eigenvalue weighted by Crippen LogP contribution is -2.53. The summed E-state index contributed by atoms with van der Waals surface area (Å²) in [6, 6.07) is 7.85. The Labute approximate surface area is 214 Å². The summed E-state index contributed by atoms with van der Waals surface area (Å²) in [4.78, 5) is 32.4. The molecule has 3 aliphatic rings. The topological polar surface area (TPSA) is 55.8 Å². The van der Waals surface area contributed by atoms with Crippen molar-refractivity contribution in [1.82, 2.24) is 24.7 Å². The number of rotatable bonds is 6. The van der Waals surface area contributed by atoms with Crippen molar-refractivity contribution in [2.24, 2.45) is 0 Å². The third-order valence-electron chi connectivity index (χ3n) is 8.07. The van der Waals surface area contributed by atoms with E-state index in [0.29, 0.717) is 10.9 Å². The maximum atomic E-state index is 13.9. The van der Waals surface area contributed by atoms with Crippen molar-refractivity contribution < 1.29 is 4.79 Å². The van der Waals surface area contributed by atoms with E-state index in [1.807, 2.05) is 24.3 Å². The van der Waals surface area contributed by atoms with Gasteiger partial charge >= 0.3 is 0 Å². The normalized spacial score (nSPS) is 22.3. The number of amides is 1. The zero-order valence-corrected chi connectivity index (χ0v) is 21.8. The summed E-state index contributed by atoms with van der Waals surface area (Å²) in [6.07, 6.45) is 3.90. The number of likely N-dealkylation sites (N-methyl/N-ethyl adjacent to an activating group) is 1. The van der Waals surface area contributed by atoms with Gasteiger partial charge in [-0.25, -0.2) is 9.97 Å². The Morgan fingerprint density at radius 2 is 1.69 bits per heavy atom. The van der Waals surface area contributed by atoms with Crippen LogP contribution in [-0.2, 0) is 11.2 Å². The Hall–Kier alpha value is -2.22. The number of piperazine rings is 2.